The summed E-state index contributed by atoms with van der Waals surface area (Å²) in [6.07, 6.45) is 0. The van der Waals surface area contributed by atoms with Gasteiger partial charge in [-0.25, -0.2) is 13.2 Å². The molecule has 1 heterocycles. The molecular formula is C23H29N3O5S. The van der Waals surface area contributed by atoms with Gasteiger partial charge in [0.1, 0.15) is 0 Å². The Morgan fingerprint density at radius 1 is 0.906 bits per heavy atom. The number of amides is 1. The fourth-order valence-electron chi connectivity index (χ4n) is 3.62. The van der Waals surface area contributed by atoms with Gasteiger partial charge in [0.2, 0.25) is 10.0 Å². The standard InChI is InChI=1S/C23H29N3O5S/c1-3-24(4-2)20-12-10-19(11-13-20)23(28)31-18-22(27)25-14-16-26(17-15-25)32(29,30)21-8-6-5-7-9-21/h5-13H,3-4,14-18H2,1-2H3. The van der Waals surface area contributed by atoms with Gasteiger partial charge in [-0.3, -0.25) is 4.79 Å². The number of nitrogens with zero attached hydrogens (tertiary/aromatic N) is 3. The highest BCUT2D eigenvalue weighted by atomic mass is 32.2. The molecule has 0 saturated carbocycles. The third-order valence-corrected chi connectivity index (χ3v) is 7.44. The van der Waals surface area contributed by atoms with Crippen molar-refractivity contribution in [2.75, 3.05) is 50.8 Å². The van der Waals surface area contributed by atoms with Crippen molar-refractivity contribution in [2.45, 2.75) is 18.7 Å². The SMILES string of the molecule is CCN(CC)c1ccc(C(=O)OCC(=O)N2CCN(S(=O)(=O)c3ccccc3)CC2)cc1. The fraction of sp³-hybridized carbons (Fsp3) is 0.391. The van der Waals surface area contributed by atoms with Crippen molar-refractivity contribution in [2.24, 2.45) is 0 Å². The van der Waals surface area contributed by atoms with Gasteiger partial charge in [-0.1, -0.05) is 18.2 Å². The van der Waals surface area contributed by atoms with Gasteiger partial charge < -0.3 is 14.5 Å². The van der Waals surface area contributed by atoms with E-state index in [0.29, 0.717) is 5.56 Å². The van der Waals surface area contributed by atoms with E-state index in [1.807, 2.05) is 12.1 Å². The van der Waals surface area contributed by atoms with E-state index in [4.69, 9.17) is 4.74 Å². The molecule has 172 valence electrons. The minimum atomic E-state index is -3.58. The Kier molecular flexibility index (Phi) is 7.87. The maximum absolute atomic E-state index is 12.7. The van der Waals surface area contributed by atoms with Gasteiger partial charge in [-0.2, -0.15) is 4.31 Å². The summed E-state index contributed by atoms with van der Waals surface area (Å²) in [7, 11) is -3.58. The summed E-state index contributed by atoms with van der Waals surface area (Å²) in [4.78, 5) is 28.7. The van der Waals surface area contributed by atoms with Crippen molar-refractivity contribution in [1.82, 2.24) is 9.21 Å². The van der Waals surface area contributed by atoms with Crippen LogP contribution in [0.5, 0.6) is 0 Å². The second kappa shape index (κ2) is 10.6. The summed E-state index contributed by atoms with van der Waals surface area (Å²) >= 11 is 0. The molecular weight excluding hydrogens is 430 g/mol. The highest BCUT2D eigenvalue weighted by Gasteiger charge is 2.30. The lowest BCUT2D eigenvalue weighted by atomic mass is 10.2. The number of carbonyl (C=O) groups is 2. The highest BCUT2D eigenvalue weighted by molar-refractivity contribution is 7.89. The molecule has 2 aromatic carbocycles. The number of ether oxygens (including phenoxy) is 1. The first-order valence-electron chi connectivity index (χ1n) is 10.7. The van der Waals surface area contributed by atoms with Gasteiger partial charge in [0.25, 0.3) is 5.91 Å². The molecule has 1 saturated heterocycles. The smallest absolute Gasteiger partial charge is 0.338 e. The Bertz CT molecular complexity index is 1010. The summed E-state index contributed by atoms with van der Waals surface area (Å²) in [5.41, 5.74) is 1.40. The minimum Gasteiger partial charge on any atom is -0.452 e. The summed E-state index contributed by atoms with van der Waals surface area (Å²) in [5, 5.41) is 0. The lowest BCUT2D eigenvalue weighted by Crippen LogP contribution is -2.51. The molecule has 0 atom stereocenters. The molecule has 1 aliphatic heterocycles. The van der Waals surface area contributed by atoms with E-state index < -0.39 is 16.0 Å². The Morgan fingerprint density at radius 2 is 1.50 bits per heavy atom. The van der Waals surface area contributed by atoms with E-state index in [9.17, 15) is 18.0 Å². The second-order valence-corrected chi connectivity index (χ2v) is 9.33. The first-order valence-corrected chi connectivity index (χ1v) is 12.2. The highest BCUT2D eigenvalue weighted by Crippen LogP contribution is 2.18. The van der Waals surface area contributed by atoms with E-state index in [1.165, 1.54) is 9.21 Å². The van der Waals surface area contributed by atoms with E-state index in [-0.39, 0.29) is 43.6 Å². The molecule has 8 nitrogen and oxygen atoms in total. The number of anilines is 1. The number of benzene rings is 2. The molecule has 32 heavy (non-hydrogen) atoms. The molecule has 1 amide bonds. The van der Waals surface area contributed by atoms with Crippen LogP contribution < -0.4 is 4.90 Å². The number of rotatable bonds is 8. The maximum Gasteiger partial charge on any atom is 0.338 e. The van der Waals surface area contributed by atoms with Crippen LogP contribution in [0, 0.1) is 0 Å². The molecule has 0 N–H and O–H groups in total. The van der Waals surface area contributed by atoms with Crippen LogP contribution >= 0.6 is 0 Å². The van der Waals surface area contributed by atoms with Gasteiger partial charge in [0, 0.05) is 45.0 Å². The minimum absolute atomic E-state index is 0.198. The Labute approximate surface area is 189 Å². The quantitative estimate of drug-likeness (QED) is 0.563. The van der Waals surface area contributed by atoms with Gasteiger partial charge in [-0.05, 0) is 50.2 Å². The van der Waals surface area contributed by atoms with Crippen molar-refractivity contribution in [3.8, 4) is 0 Å². The van der Waals surface area contributed by atoms with Crippen molar-refractivity contribution < 1.29 is 22.7 Å². The predicted octanol–water partition coefficient (Wildman–Crippen LogP) is 2.22. The zero-order valence-corrected chi connectivity index (χ0v) is 19.3. The van der Waals surface area contributed by atoms with Gasteiger partial charge in [-0.15, -0.1) is 0 Å². The number of sulfonamides is 1. The van der Waals surface area contributed by atoms with Crippen molar-refractivity contribution in [3.05, 3.63) is 60.2 Å². The molecule has 0 bridgehead atoms. The number of piperazine rings is 1. The summed E-state index contributed by atoms with van der Waals surface area (Å²) in [6, 6.07) is 15.3. The molecule has 3 rings (SSSR count). The molecule has 0 radical (unpaired) electrons. The predicted molar refractivity (Wildman–Crippen MR) is 122 cm³/mol. The van der Waals surface area contributed by atoms with Crippen LogP contribution in [0.15, 0.2) is 59.5 Å². The van der Waals surface area contributed by atoms with E-state index in [2.05, 4.69) is 18.7 Å². The second-order valence-electron chi connectivity index (χ2n) is 7.39. The van der Waals surface area contributed by atoms with Crippen LogP contribution in [0.4, 0.5) is 5.69 Å². The molecule has 0 spiro atoms. The van der Waals surface area contributed by atoms with Gasteiger partial charge in [0.05, 0.1) is 10.5 Å². The summed E-state index contributed by atoms with van der Waals surface area (Å²) in [5.74, 6) is -0.899. The van der Waals surface area contributed by atoms with Gasteiger partial charge >= 0.3 is 5.97 Å². The molecule has 1 fully saturated rings. The largest absolute Gasteiger partial charge is 0.452 e. The number of hydrogen-bond donors (Lipinski definition) is 0. The van der Waals surface area contributed by atoms with E-state index in [1.54, 1.807) is 42.5 Å². The van der Waals surface area contributed by atoms with Crippen LogP contribution in [0.25, 0.3) is 0 Å². The lowest BCUT2D eigenvalue weighted by Gasteiger charge is -2.33. The lowest BCUT2D eigenvalue weighted by molar-refractivity contribution is -0.135. The Hall–Kier alpha value is -2.91. The molecule has 2 aromatic rings. The number of hydrogen-bond acceptors (Lipinski definition) is 6. The topological polar surface area (TPSA) is 87.2 Å². The molecule has 9 heteroatoms. The molecule has 0 aromatic heterocycles. The fourth-order valence-corrected chi connectivity index (χ4v) is 5.06. The van der Waals surface area contributed by atoms with Crippen LogP contribution in [-0.2, 0) is 19.6 Å². The first kappa shape index (κ1) is 23.7. The summed E-state index contributed by atoms with van der Waals surface area (Å²) < 4.78 is 31.9. The molecule has 1 aliphatic rings. The number of esters is 1. The average Bonchev–Trinajstić information content (AvgIpc) is 2.84. The Balaban J connectivity index is 1.49. The zero-order valence-electron chi connectivity index (χ0n) is 18.4. The monoisotopic (exact) mass is 459 g/mol. The van der Waals surface area contributed by atoms with E-state index >= 15 is 0 Å². The number of carbonyl (C=O) groups excluding carboxylic acids is 2. The molecule has 0 unspecified atom stereocenters. The van der Waals surface area contributed by atoms with Crippen LogP contribution in [-0.4, -0.2) is 75.4 Å². The van der Waals surface area contributed by atoms with Crippen LogP contribution in [0.2, 0.25) is 0 Å². The Morgan fingerprint density at radius 3 is 2.06 bits per heavy atom. The molecule has 0 aliphatic carbocycles. The van der Waals surface area contributed by atoms with Crippen molar-refractivity contribution in [1.29, 1.82) is 0 Å². The first-order chi connectivity index (χ1) is 15.4. The van der Waals surface area contributed by atoms with Crippen LogP contribution in [0.1, 0.15) is 24.2 Å². The zero-order chi connectivity index (χ0) is 23.1. The van der Waals surface area contributed by atoms with E-state index in [0.717, 1.165) is 18.8 Å². The summed E-state index contributed by atoms with van der Waals surface area (Å²) in [6.45, 7) is 6.39. The third kappa shape index (κ3) is 5.46. The van der Waals surface area contributed by atoms with Crippen LogP contribution in [0.3, 0.4) is 0 Å². The average molecular weight is 460 g/mol. The van der Waals surface area contributed by atoms with Crippen molar-refractivity contribution in [3.63, 3.8) is 0 Å². The van der Waals surface area contributed by atoms with Gasteiger partial charge in [0.15, 0.2) is 6.61 Å². The van der Waals surface area contributed by atoms with Crippen molar-refractivity contribution >= 4 is 27.6 Å². The normalized spacial score (nSPS) is 14.8. The maximum atomic E-state index is 12.7. The third-order valence-electron chi connectivity index (χ3n) is 5.53.